The highest BCUT2D eigenvalue weighted by molar-refractivity contribution is 5.88. The summed E-state index contributed by atoms with van der Waals surface area (Å²) in [5.41, 5.74) is 0.325. The Balaban J connectivity index is 2.19. The lowest BCUT2D eigenvalue weighted by molar-refractivity contribution is -0.142. The number of amides is 2. The van der Waals surface area contributed by atoms with Crippen molar-refractivity contribution in [3.05, 3.63) is 59.9 Å². The van der Waals surface area contributed by atoms with Gasteiger partial charge in [0.1, 0.15) is 11.9 Å². The molecule has 2 aromatic rings. The molecule has 0 radical (unpaired) electrons. The summed E-state index contributed by atoms with van der Waals surface area (Å²) in [7, 11) is 1.51. The maximum Gasteiger partial charge on any atom is 0.261 e. The number of ether oxygens (including phenoxy) is 2. The van der Waals surface area contributed by atoms with E-state index in [1.807, 2.05) is 13.8 Å². The van der Waals surface area contributed by atoms with Crippen LogP contribution in [0.1, 0.15) is 32.8 Å². The fraction of sp³-hybridized carbons (Fsp3) is 0.391. The Morgan fingerprint density at radius 2 is 1.70 bits per heavy atom. The van der Waals surface area contributed by atoms with Crippen molar-refractivity contribution in [2.45, 2.75) is 45.8 Å². The van der Waals surface area contributed by atoms with Gasteiger partial charge in [-0.05, 0) is 38.5 Å². The second-order valence-electron chi connectivity index (χ2n) is 7.05. The van der Waals surface area contributed by atoms with Crippen molar-refractivity contribution in [3.8, 4) is 11.5 Å². The fourth-order valence-corrected chi connectivity index (χ4v) is 2.82. The van der Waals surface area contributed by atoms with E-state index in [1.54, 1.807) is 49.4 Å². The molecule has 6 nitrogen and oxygen atoms in total. The molecule has 0 saturated heterocycles. The highest BCUT2D eigenvalue weighted by Gasteiger charge is 2.28. The molecular formula is C23H29FN2O4. The van der Waals surface area contributed by atoms with Crippen LogP contribution in [-0.2, 0) is 16.1 Å². The Morgan fingerprint density at radius 3 is 2.33 bits per heavy atom. The van der Waals surface area contributed by atoms with Crippen LogP contribution in [0.25, 0.3) is 0 Å². The molecule has 0 saturated carbocycles. The number of halogens is 1. The second kappa shape index (κ2) is 11.2. The van der Waals surface area contributed by atoms with Crippen molar-refractivity contribution in [2.24, 2.45) is 0 Å². The third kappa shape index (κ3) is 6.20. The smallest absolute Gasteiger partial charge is 0.261 e. The van der Waals surface area contributed by atoms with Gasteiger partial charge in [-0.1, -0.05) is 37.3 Å². The Morgan fingerprint density at radius 1 is 1.07 bits per heavy atom. The van der Waals surface area contributed by atoms with Crippen molar-refractivity contribution in [2.75, 3.05) is 13.7 Å². The minimum absolute atomic E-state index is 0.0322. The lowest BCUT2D eigenvalue weighted by Gasteiger charge is -2.29. The van der Waals surface area contributed by atoms with Gasteiger partial charge in [-0.25, -0.2) is 4.39 Å². The molecule has 30 heavy (non-hydrogen) atoms. The molecule has 0 unspecified atom stereocenters. The fourth-order valence-electron chi connectivity index (χ4n) is 2.82. The lowest BCUT2D eigenvalue weighted by Crippen LogP contribution is -2.50. The molecule has 0 heterocycles. The van der Waals surface area contributed by atoms with Crippen LogP contribution < -0.4 is 14.8 Å². The van der Waals surface area contributed by atoms with Gasteiger partial charge in [-0.3, -0.25) is 9.59 Å². The van der Waals surface area contributed by atoms with Gasteiger partial charge in [0.2, 0.25) is 5.91 Å². The number of para-hydroxylation sites is 2. The lowest BCUT2D eigenvalue weighted by atomic mass is 10.1. The summed E-state index contributed by atoms with van der Waals surface area (Å²) in [6, 6.07) is 12.3. The number of carbonyl (C=O) groups is 2. The molecule has 2 amide bonds. The minimum atomic E-state index is -0.799. The SMILES string of the molecule is CC[C@@H](C)NC(=O)[C@@H](C)N(Cc1ccccc1F)C(=O)COc1ccccc1OC. The highest BCUT2D eigenvalue weighted by Crippen LogP contribution is 2.26. The molecule has 0 spiro atoms. The second-order valence-corrected chi connectivity index (χ2v) is 7.05. The molecule has 0 fully saturated rings. The third-order valence-corrected chi connectivity index (χ3v) is 4.89. The van der Waals surface area contributed by atoms with Crippen molar-refractivity contribution in [1.29, 1.82) is 0 Å². The van der Waals surface area contributed by atoms with Crippen LogP contribution in [0.4, 0.5) is 4.39 Å². The van der Waals surface area contributed by atoms with Gasteiger partial charge in [0.15, 0.2) is 18.1 Å². The van der Waals surface area contributed by atoms with E-state index in [4.69, 9.17) is 9.47 Å². The quantitative estimate of drug-likeness (QED) is 0.643. The number of benzene rings is 2. The van der Waals surface area contributed by atoms with E-state index in [0.29, 0.717) is 17.1 Å². The number of methoxy groups -OCH3 is 1. The van der Waals surface area contributed by atoms with E-state index in [0.717, 1.165) is 6.42 Å². The van der Waals surface area contributed by atoms with E-state index in [-0.39, 0.29) is 25.1 Å². The van der Waals surface area contributed by atoms with Gasteiger partial charge >= 0.3 is 0 Å². The van der Waals surface area contributed by atoms with E-state index in [9.17, 15) is 14.0 Å². The summed E-state index contributed by atoms with van der Waals surface area (Å²) in [6.07, 6.45) is 0.761. The first kappa shape index (κ1) is 23.2. The molecule has 2 aromatic carbocycles. The first-order valence-electron chi connectivity index (χ1n) is 9.96. The van der Waals surface area contributed by atoms with E-state index in [2.05, 4.69) is 5.32 Å². The molecule has 0 aliphatic carbocycles. The highest BCUT2D eigenvalue weighted by atomic mass is 19.1. The average Bonchev–Trinajstić information content (AvgIpc) is 2.76. The maximum absolute atomic E-state index is 14.2. The molecule has 162 valence electrons. The number of nitrogens with one attached hydrogen (secondary N) is 1. The van der Waals surface area contributed by atoms with Crippen LogP contribution in [0.2, 0.25) is 0 Å². The summed E-state index contributed by atoms with van der Waals surface area (Å²) >= 11 is 0. The molecule has 1 N–H and O–H groups in total. The molecule has 0 aliphatic heterocycles. The monoisotopic (exact) mass is 416 g/mol. The molecular weight excluding hydrogens is 387 g/mol. The Kier molecular flexibility index (Phi) is 8.65. The number of carbonyl (C=O) groups excluding carboxylic acids is 2. The summed E-state index contributed by atoms with van der Waals surface area (Å²) in [5.74, 6) is -0.262. The first-order chi connectivity index (χ1) is 14.4. The molecule has 0 bridgehead atoms. The average molecular weight is 416 g/mol. The predicted octanol–water partition coefficient (Wildman–Crippen LogP) is 3.55. The number of hydrogen-bond donors (Lipinski definition) is 1. The van der Waals surface area contributed by atoms with Gasteiger partial charge in [-0.15, -0.1) is 0 Å². The topological polar surface area (TPSA) is 67.9 Å². The van der Waals surface area contributed by atoms with Crippen molar-refractivity contribution in [1.82, 2.24) is 10.2 Å². The van der Waals surface area contributed by atoms with Gasteiger partial charge in [-0.2, -0.15) is 0 Å². The van der Waals surface area contributed by atoms with Crippen LogP contribution >= 0.6 is 0 Å². The third-order valence-electron chi connectivity index (χ3n) is 4.89. The van der Waals surface area contributed by atoms with Crippen LogP contribution in [0, 0.1) is 5.82 Å². The minimum Gasteiger partial charge on any atom is -0.493 e. The Labute approximate surface area is 177 Å². The van der Waals surface area contributed by atoms with Gasteiger partial charge in [0.25, 0.3) is 5.91 Å². The van der Waals surface area contributed by atoms with Crippen LogP contribution in [0.15, 0.2) is 48.5 Å². The largest absolute Gasteiger partial charge is 0.493 e. The van der Waals surface area contributed by atoms with Crippen LogP contribution in [0.5, 0.6) is 11.5 Å². The van der Waals surface area contributed by atoms with Crippen LogP contribution in [0.3, 0.4) is 0 Å². The molecule has 2 atom stereocenters. The summed E-state index contributed by atoms with van der Waals surface area (Å²) in [6.45, 7) is 5.11. The first-order valence-corrected chi connectivity index (χ1v) is 9.96. The Hall–Kier alpha value is -3.09. The van der Waals surface area contributed by atoms with Crippen molar-refractivity contribution in [3.63, 3.8) is 0 Å². The molecule has 7 heteroatoms. The predicted molar refractivity (Wildman–Crippen MR) is 113 cm³/mol. The zero-order chi connectivity index (χ0) is 22.1. The standard InChI is InChI=1S/C23H29FN2O4/c1-5-16(2)25-23(28)17(3)26(14-18-10-6-7-11-19(18)24)22(27)15-30-21-13-9-8-12-20(21)29-4/h6-13,16-17H,5,14-15H2,1-4H3,(H,25,28)/t16-,17-/m1/s1. The zero-order valence-corrected chi connectivity index (χ0v) is 17.9. The number of nitrogens with zero attached hydrogens (tertiary/aromatic N) is 1. The summed E-state index contributed by atoms with van der Waals surface area (Å²) in [4.78, 5) is 27.0. The molecule has 0 aromatic heterocycles. The normalized spacial score (nSPS) is 12.6. The van der Waals surface area contributed by atoms with Gasteiger partial charge in [0, 0.05) is 18.2 Å². The van der Waals surface area contributed by atoms with E-state index < -0.39 is 17.8 Å². The van der Waals surface area contributed by atoms with E-state index in [1.165, 1.54) is 18.1 Å². The number of hydrogen-bond acceptors (Lipinski definition) is 4. The molecule has 2 rings (SSSR count). The summed E-state index contributed by atoms with van der Waals surface area (Å²) in [5, 5.41) is 2.87. The summed E-state index contributed by atoms with van der Waals surface area (Å²) < 4.78 is 25.1. The van der Waals surface area contributed by atoms with Crippen LogP contribution in [-0.4, -0.2) is 42.5 Å². The van der Waals surface area contributed by atoms with Crippen molar-refractivity contribution < 1.29 is 23.5 Å². The van der Waals surface area contributed by atoms with Gasteiger partial charge in [0.05, 0.1) is 7.11 Å². The van der Waals surface area contributed by atoms with Crippen molar-refractivity contribution >= 4 is 11.8 Å². The molecule has 0 aliphatic rings. The number of rotatable bonds is 10. The van der Waals surface area contributed by atoms with Gasteiger partial charge < -0.3 is 19.7 Å². The zero-order valence-electron chi connectivity index (χ0n) is 17.9. The van der Waals surface area contributed by atoms with E-state index >= 15 is 0 Å². The maximum atomic E-state index is 14.2. The Bertz CT molecular complexity index is 859.